The highest BCUT2D eigenvalue weighted by Gasteiger charge is 2.34. The van der Waals surface area contributed by atoms with E-state index in [0.29, 0.717) is 38.7 Å². The maximum Gasteiger partial charge on any atom is 0.332 e. The zero-order valence-corrected chi connectivity index (χ0v) is 21.5. The van der Waals surface area contributed by atoms with Crippen LogP contribution in [0, 0.1) is 5.82 Å². The van der Waals surface area contributed by atoms with Crippen molar-refractivity contribution in [2.45, 2.75) is 25.5 Å². The van der Waals surface area contributed by atoms with E-state index in [1.165, 1.54) is 29.4 Å². The smallest absolute Gasteiger partial charge is 0.332 e. The average molecular weight is 553 g/mol. The van der Waals surface area contributed by atoms with Crippen LogP contribution in [-0.4, -0.2) is 41.2 Å². The van der Waals surface area contributed by atoms with E-state index in [-0.39, 0.29) is 22.9 Å². The molecule has 2 aromatic heterocycles. The van der Waals surface area contributed by atoms with Crippen LogP contribution < -0.4 is 20.9 Å². The summed E-state index contributed by atoms with van der Waals surface area (Å²) in [5.74, 6) is -0.692. The number of nitrogens with zero attached hydrogens (tertiary/aromatic N) is 3. The van der Waals surface area contributed by atoms with Gasteiger partial charge in [-0.1, -0.05) is 23.7 Å². The molecule has 3 amide bonds. The van der Waals surface area contributed by atoms with Gasteiger partial charge in [0.2, 0.25) is 0 Å². The number of hydrogen-bond donors (Lipinski definition) is 3. The van der Waals surface area contributed by atoms with Crippen molar-refractivity contribution >= 4 is 68.0 Å². The summed E-state index contributed by atoms with van der Waals surface area (Å²) in [6, 6.07) is 11.0. The number of urea groups is 1. The molecule has 3 N–H and O–H groups in total. The predicted octanol–water partition coefficient (Wildman–Crippen LogP) is 5.69. The first-order valence-corrected chi connectivity index (χ1v) is 13.2. The summed E-state index contributed by atoms with van der Waals surface area (Å²) in [5.41, 5.74) is 2.38. The van der Waals surface area contributed by atoms with E-state index in [4.69, 9.17) is 16.3 Å². The van der Waals surface area contributed by atoms with Gasteiger partial charge in [0.1, 0.15) is 21.9 Å². The summed E-state index contributed by atoms with van der Waals surface area (Å²) in [4.78, 5) is 37.0. The number of rotatable bonds is 7. The standard InChI is InChI=1S/C26H22ClFN6O3S/c27-18-10-16(7-8-19(18)28)34-23-20-21(33-26(34)36)22(38-25(20)31-13-30-23)24(35)32-15-5-3-14(4-6-15)11-29-12-17-2-1-9-37-17/h3-8,10,13,17,29H,1-2,9,11-12H2,(H,32,35)(H,33,36)/t17-/m1/s1. The molecule has 1 atom stereocenters. The van der Waals surface area contributed by atoms with E-state index in [0.717, 1.165) is 42.9 Å². The number of nitrogens with one attached hydrogen (secondary N) is 3. The van der Waals surface area contributed by atoms with Crippen molar-refractivity contribution in [1.82, 2.24) is 15.3 Å². The molecule has 194 valence electrons. The molecule has 12 heteroatoms. The Hall–Kier alpha value is -3.64. The minimum absolute atomic E-state index is 0.124. The van der Waals surface area contributed by atoms with Crippen molar-refractivity contribution in [3.05, 3.63) is 70.1 Å². The van der Waals surface area contributed by atoms with Crippen LogP contribution in [0.1, 0.15) is 28.1 Å². The van der Waals surface area contributed by atoms with E-state index in [1.807, 2.05) is 24.3 Å². The largest absolute Gasteiger partial charge is 0.377 e. The van der Waals surface area contributed by atoms with Gasteiger partial charge >= 0.3 is 6.03 Å². The Morgan fingerprint density at radius 3 is 2.84 bits per heavy atom. The molecule has 6 rings (SSSR count). The molecule has 9 nitrogen and oxygen atoms in total. The SMILES string of the molecule is O=C(Nc1ccc(CNC[C@H]2CCCO2)cc1)c1sc2ncnc3c2c1NC(=O)N3c1ccc(F)c(Cl)c1. The Bertz CT molecular complexity index is 1540. The van der Waals surface area contributed by atoms with Crippen LogP contribution in [0.5, 0.6) is 0 Å². The number of halogens is 2. The third kappa shape index (κ3) is 4.69. The normalized spacial score (nSPS) is 16.6. The molecule has 0 bridgehead atoms. The summed E-state index contributed by atoms with van der Waals surface area (Å²) >= 11 is 7.09. The van der Waals surface area contributed by atoms with Crippen molar-refractivity contribution in [1.29, 1.82) is 0 Å². The molecule has 2 aliphatic rings. The van der Waals surface area contributed by atoms with Gasteiger partial charge in [-0.25, -0.2) is 24.1 Å². The van der Waals surface area contributed by atoms with Crippen LogP contribution >= 0.6 is 22.9 Å². The zero-order valence-electron chi connectivity index (χ0n) is 20.0. The number of carbonyl (C=O) groups excluding carboxylic acids is 2. The number of thiophene rings is 1. The molecule has 1 fully saturated rings. The Kier molecular flexibility index (Phi) is 6.66. The van der Waals surface area contributed by atoms with E-state index in [2.05, 4.69) is 25.9 Å². The lowest BCUT2D eigenvalue weighted by Crippen LogP contribution is -2.35. The van der Waals surface area contributed by atoms with Gasteiger partial charge in [-0.05, 0) is 48.7 Å². The Labute approximate surface area is 226 Å². The van der Waals surface area contributed by atoms with Gasteiger partial charge in [-0.2, -0.15) is 0 Å². The lowest BCUT2D eigenvalue weighted by molar-refractivity contribution is 0.103. The van der Waals surface area contributed by atoms with Gasteiger partial charge in [-0.3, -0.25) is 4.79 Å². The third-order valence-electron chi connectivity index (χ3n) is 6.42. The Morgan fingerprint density at radius 1 is 1.24 bits per heavy atom. The van der Waals surface area contributed by atoms with Crippen LogP contribution in [-0.2, 0) is 11.3 Å². The second kappa shape index (κ2) is 10.3. The van der Waals surface area contributed by atoms with Crippen LogP contribution in [0.2, 0.25) is 5.02 Å². The number of amides is 3. The maximum atomic E-state index is 13.7. The zero-order chi connectivity index (χ0) is 26.2. The van der Waals surface area contributed by atoms with Crippen molar-refractivity contribution in [2.24, 2.45) is 0 Å². The quantitative estimate of drug-likeness (QED) is 0.272. The average Bonchev–Trinajstić information content (AvgIpc) is 3.56. The van der Waals surface area contributed by atoms with Crippen molar-refractivity contribution in [3.8, 4) is 0 Å². The first-order valence-electron chi connectivity index (χ1n) is 12.0. The summed E-state index contributed by atoms with van der Waals surface area (Å²) in [7, 11) is 0. The molecular weight excluding hydrogens is 531 g/mol. The fourth-order valence-corrected chi connectivity index (χ4v) is 5.73. The lowest BCUT2D eigenvalue weighted by atomic mass is 10.1. The van der Waals surface area contributed by atoms with Crippen LogP contribution in [0.15, 0.2) is 48.8 Å². The fourth-order valence-electron chi connectivity index (χ4n) is 4.57. The van der Waals surface area contributed by atoms with Crippen LogP contribution in [0.25, 0.3) is 10.2 Å². The van der Waals surface area contributed by atoms with Gasteiger partial charge in [-0.15, -0.1) is 11.3 Å². The van der Waals surface area contributed by atoms with E-state index >= 15 is 0 Å². The minimum atomic E-state index is -0.598. The first kappa shape index (κ1) is 24.7. The number of anilines is 4. The number of ether oxygens (including phenoxy) is 1. The third-order valence-corrected chi connectivity index (χ3v) is 7.81. The lowest BCUT2D eigenvalue weighted by Gasteiger charge is -2.27. The molecule has 38 heavy (non-hydrogen) atoms. The minimum Gasteiger partial charge on any atom is -0.377 e. The number of aromatic nitrogens is 2. The first-order chi connectivity index (χ1) is 18.5. The summed E-state index contributed by atoms with van der Waals surface area (Å²) in [5, 5.41) is 9.48. The number of benzene rings is 2. The van der Waals surface area contributed by atoms with Gasteiger partial charge in [0, 0.05) is 25.4 Å². The summed E-state index contributed by atoms with van der Waals surface area (Å²) < 4.78 is 19.3. The molecule has 0 saturated carbocycles. The van der Waals surface area contributed by atoms with Gasteiger partial charge in [0.15, 0.2) is 5.82 Å². The molecule has 4 heterocycles. The van der Waals surface area contributed by atoms with Gasteiger partial charge < -0.3 is 20.7 Å². The van der Waals surface area contributed by atoms with Crippen molar-refractivity contribution in [3.63, 3.8) is 0 Å². The van der Waals surface area contributed by atoms with E-state index in [9.17, 15) is 14.0 Å². The van der Waals surface area contributed by atoms with Crippen LogP contribution in [0.3, 0.4) is 0 Å². The van der Waals surface area contributed by atoms with Gasteiger partial charge in [0.05, 0.1) is 27.9 Å². The number of carbonyl (C=O) groups is 2. The van der Waals surface area contributed by atoms with E-state index in [1.54, 1.807) is 0 Å². The molecule has 0 spiro atoms. The monoisotopic (exact) mass is 552 g/mol. The molecule has 0 aliphatic carbocycles. The summed E-state index contributed by atoms with van der Waals surface area (Å²) in [6.07, 6.45) is 3.80. The second-order valence-electron chi connectivity index (χ2n) is 8.96. The Balaban J connectivity index is 1.21. The number of hydrogen-bond acceptors (Lipinski definition) is 7. The van der Waals surface area contributed by atoms with Crippen LogP contribution in [0.4, 0.5) is 32.1 Å². The maximum absolute atomic E-state index is 13.7. The molecule has 0 unspecified atom stereocenters. The molecule has 2 aliphatic heterocycles. The fraction of sp³-hybridized carbons (Fsp3) is 0.231. The van der Waals surface area contributed by atoms with E-state index < -0.39 is 11.8 Å². The molecule has 0 radical (unpaired) electrons. The van der Waals surface area contributed by atoms with Gasteiger partial charge in [0.25, 0.3) is 5.91 Å². The summed E-state index contributed by atoms with van der Waals surface area (Å²) in [6.45, 7) is 2.36. The Morgan fingerprint density at radius 2 is 2.08 bits per heavy atom. The topological polar surface area (TPSA) is 108 Å². The van der Waals surface area contributed by atoms with Crippen molar-refractivity contribution < 1.29 is 18.7 Å². The second-order valence-corrected chi connectivity index (χ2v) is 10.4. The highest BCUT2D eigenvalue weighted by Crippen LogP contribution is 2.45. The molecular formula is C26H22ClFN6O3S. The highest BCUT2D eigenvalue weighted by atomic mass is 35.5. The molecule has 4 aromatic rings. The molecule has 1 saturated heterocycles. The molecule has 2 aromatic carbocycles. The predicted molar refractivity (Wildman–Crippen MR) is 145 cm³/mol. The highest BCUT2D eigenvalue weighted by molar-refractivity contribution is 7.21. The van der Waals surface area contributed by atoms with Crippen molar-refractivity contribution in [2.75, 3.05) is 28.7 Å².